The molecule has 2 aromatic carbocycles. The molecule has 102 valence electrons. The van der Waals surface area contributed by atoms with Gasteiger partial charge in [-0.3, -0.25) is 4.57 Å². The second kappa shape index (κ2) is 5.35. The molecule has 1 heterocycles. The molecule has 3 aromatic rings. The Morgan fingerprint density at radius 3 is 2.55 bits per heavy atom. The van der Waals surface area contributed by atoms with E-state index in [1.165, 1.54) is 0 Å². The fraction of sp³-hybridized carbons (Fsp3) is 0.133. The normalized spacial score (nSPS) is 10.9. The van der Waals surface area contributed by atoms with Crippen molar-refractivity contribution in [2.75, 3.05) is 6.61 Å². The average Bonchev–Trinajstić information content (AvgIpc) is 2.76. The molecule has 1 aromatic heterocycles. The van der Waals surface area contributed by atoms with Crippen molar-refractivity contribution >= 4 is 34.2 Å². The largest absolute Gasteiger partial charge is 0.494 e. The van der Waals surface area contributed by atoms with Crippen molar-refractivity contribution in [3.63, 3.8) is 0 Å². The fourth-order valence-electron chi connectivity index (χ4n) is 2.12. The van der Waals surface area contributed by atoms with Crippen LogP contribution >= 0.6 is 23.2 Å². The van der Waals surface area contributed by atoms with Crippen LogP contribution < -0.4 is 4.74 Å². The van der Waals surface area contributed by atoms with Crippen LogP contribution in [0.15, 0.2) is 42.5 Å². The van der Waals surface area contributed by atoms with E-state index in [4.69, 9.17) is 27.9 Å². The number of aromatic nitrogens is 2. The molecule has 0 saturated carbocycles. The molecule has 0 saturated heterocycles. The van der Waals surface area contributed by atoms with Crippen molar-refractivity contribution < 1.29 is 4.74 Å². The smallest absolute Gasteiger partial charge is 0.208 e. The lowest BCUT2D eigenvalue weighted by molar-refractivity contribution is 0.340. The molecular formula is C15H12Cl2N2O. The number of ether oxygens (including phenoxy) is 1. The second-order valence-electron chi connectivity index (χ2n) is 4.28. The first-order chi connectivity index (χ1) is 9.69. The van der Waals surface area contributed by atoms with Gasteiger partial charge in [-0.25, -0.2) is 4.98 Å². The summed E-state index contributed by atoms with van der Waals surface area (Å²) in [5, 5.41) is 1.06. The molecule has 0 N–H and O–H groups in total. The summed E-state index contributed by atoms with van der Waals surface area (Å²) in [6.07, 6.45) is 0. The van der Waals surface area contributed by atoms with Crippen molar-refractivity contribution in [2.45, 2.75) is 6.92 Å². The molecule has 3 rings (SSSR count). The first-order valence-corrected chi connectivity index (χ1v) is 7.01. The van der Waals surface area contributed by atoms with Crippen molar-refractivity contribution in [3.05, 3.63) is 52.8 Å². The van der Waals surface area contributed by atoms with E-state index in [0.29, 0.717) is 16.9 Å². The minimum absolute atomic E-state index is 0.409. The molecule has 5 heteroatoms. The third kappa shape index (κ3) is 2.35. The van der Waals surface area contributed by atoms with Gasteiger partial charge in [0.05, 0.1) is 17.6 Å². The Bertz CT molecular complexity index is 750. The zero-order chi connectivity index (χ0) is 14.1. The molecule has 0 amide bonds. The monoisotopic (exact) mass is 306 g/mol. The zero-order valence-electron chi connectivity index (χ0n) is 10.8. The molecule has 0 aliphatic rings. The van der Waals surface area contributed by atoms with Crippen LogP contribution in [0.2, 0.25) is 10.3 Å². The number of nitrogens with zero attached hydrogens (tertiary/aromatic N) is 2. The fourth-order valence-corrected chi connectivity index (χ4v) is 2.57. The maximum absolute atomic E-state index is 6.23. The predicted octanol–water partition coefficient (Wildman–Crippen LogP) is 4.73. The van der Waals surface area contributed by atoms with Crippen molar-refractivity contribution in [1.29, 1.82) is 0 Å². The predicted molar refractivity (Wildman–Crippen MR) is 82.3 cm³/mol. The highest BCUT2D eigenvalue weighted by molar-refractivity contribution is 6.32. The molecule has 0 aliphatic carbocycles. The summed E-state index contributed by atoms with van der Waals surface area (Å²) in [4.78, 5) is 4.33. The van der Waals surface area contributed by atoms with Gasteiger partial charge >= 0.3 is 0 Å². The van der Waals surface area contributed by atoms with Crippen LogP contribution in [0.1, 0.15) is 6.92 Å². The first-order valence-electron chi connectivity index (χ1n) is 6.26. The van der Waals surface area contributed by atoms with Crippen LogP contribution in [-0.2, 0) is 0 Å². The maximum Gasteiger partial charge on any atom is 0.208 e. The van der Waals surface area contributed by atoms with Crippen molar-refractivity contribution in [3.8, 4) is 11.4 Å². The number of hydrogen-bond donors (Lipinski definition) is 0. The van der Waals surface area contributed by atoms with Gasteiger partial charge in [0, 0.05) is 10.7 Å². The highest BCUT2D eigenvalue weighted by Gasteiger charge is 2.11. The van der Waals surface area contributed by atoms with Crippen LogP contribution in [0.4, 0.5) is 0 Å². The van der Waals surface area contributed by atoms with Gasteiger partial charge in [0.2, 0.25) is 5.28 Å². The maximum atomic E-state index is 6.23. The molecule has 0 fully saturated rings. The quantitative estimate of drug-likeness (QED) is 0.699. The van der Waals surface area contributed by atoms with E-state index >= 15 is 0 Å². The third-order valence-corrected chi connectivity index (χ3v) is 3.47. The Morgan fingerprint density at radius 1 is 1.10 bits per heavy atom. The standard InChI is InChI=1S/C15H12Cl2N2O/c1-2-20-12-6-4-11(5-7-12)19-14-9-10(16)3-8-13(14)18-15(19)17/h3-9H,2H2,1H3. The van der Waals surface area contributed by atoms with Crippen molar-refractivity contribution in [1.82, 2.24) is 9.55 Å². The topological polar surface area (TPSA) is 27.1 Å². The highest BCUT2D eigenvalue weighted by atomic mass is 35.5. The molecule has 0 aliphatic heterocycles. The zero-order valence-corrected chi connectivity index (χ0v) is 12.3. The summed E-state index contributed by atoms with van der Waals surface area (Å²) < 4.78 is 7.30. The summed E-state index contributed by atoms with van der Waals surface area (Å²) in [5.74, 6) is 0.829. The minimum atomic E-state index is 0.409. The van der Waals surface area contributed by atoms with E-state index in [2.05, 4.69) is 4.98 Å². The number of rotatable bonds is 3. The van der Waals surface area contributed by atoms with Gasteiger partial charge in [0.25, 0.3) is 0 Å². The summed E-state index contributed by atoms with van der Waals surface area (Å²) in [6.45, 7) is 2.60. The summed E-state index contributed by atoms with van der Waals surface area (Å²) in [7, 11) is 0. The van der Waals surface area contributed by atoms with Crippen molar-refractivity contribution in [2.24, 2.45) is 0 Å². The SMILES string of the molecule is CCOc1ccc(-n2c(Cl)nc3ccc(Cl)cc32)cc1. The van der Waals surface area contributed by atoms with Gasteiger partial charge in [-0.15, -0.1) is 0 Å². The molecule has 0 bridgehead atoms. The summed E-state index contributed by atoms with van der Waals surface area (Å²) in [5.41, 5.74) is 2.61. The van der Waals surface area contributed by atoms with Crippen LogP contribution in [-0.4, -0.2) is 16.2 Å². The molecule has 0 unspecified atom stereocenters. The lowest BCUT2D eigenvalue weighted by Gasteiger charge is -2.08. The molecule has 0 spiro atoms. The molecule has 3 nitrogen and oxygen atoms in total. The van der Waals surface area contributed by atoms with Gasteiger partial charge in [-0.05, 0) is 61.0 Å². The lowest BCUT2D eigenvalue weighted by Crippen LogP contribution is -1.95. The van der Waals surface area contributed by atoms with Crippen LogP contribution in [0.3, 0.4) is 0 Å². The molecule has 0 atom stereocenters. The minimum Gasteiger partial charge on any atom is -0.494 e. The molecule has 20 heavy (non-hydrogen) atoms. The number of halogens is 2. The number of fused-ring (bicyclic) bond motifs is 1. The van der Waals surface area contributed by atoms with E-state index in [1.54, 1.807) is 6.07 Å². The number of hydrogen-bond acceptors (Lipinski definition) is 2. The van der Waals surface area contributed by atoms with E-state index in [1.807, 2.05) is 47.9 Å². The average molecular weight is 307 g/mol. The summed E-state index contributed by atoms with van der Waals surface area (Å²) >= 11 is 12.3. The van der Waals surface area contributed by atoms with Crippen LogP contribution in [0.25, 0.3) is 16.7 Å². The number of imidazole rings is 1. The van der Waals surface area contributed by atoms with E-state index in [-0.39, 0.29) is 0 Å². The summed E-state index contributed by atoms with van der Waals surface area (Å²) in [6, 6.07) is 13.2. The van der Waals surface area contributed by atoms with Gasteiger partial charge in [0.1, 0.15) is 5.75 Å². The van der Waals surface area contributed by atoms with E-state index < -0.39 is 0 Å². The Morgan fingerprint density at radius 2 is 1.85 bits per heavy atom. The highest BCUT2D eigenvalue weighted by Crippen LogP contribution is 2.27. The van der Waals surface area contributed by atoms with Gasteiger partial charge in [0.15, 0.2) is 0 Å². The Kier molecular flexibility index (Phi) is 3.55. The van der Waals surface area contributed by atoms with Crippen LogP contribution in [0, 0.1) is 0 Å². The molecule has 0 radical (unpaired) electrons. The van der Waals surface area contributed by atoms with Crippen LogP contribution in [0.5, 0.6) is 5.75 Å². The van der Waals surface area contributed by atoms with E-state index in [9.17, 15) is 0 Å². The Balaban J connectivity index is 2.13. The van der Waals surface area contributed by atoms with Gasteiger partial charge in [-0.1, -0.05) is 11.6 Å². The number of benzene rings is 2. The third-order valence-electron chi connectivity index (χ3n) is 2.98. The van der Waals surface area contributed by atoms with E-state index in [0.717, 1.165) is 22.5 Å². The lowest BCUT2D eigenvalue weighted by atomic mass is 10.2. The Hall–Kier alpha value is -1.71. The first kappa shape index (κ1) is 13.3. The van der Waals surface area contributed by atoms with Gasteiger partial charge in [-0.2, -0.15) is 0 Å². The van der Waals surface area contributed by atoms with Gasteiger partial charge < -0.3 is 4.74 Å². The second-order valence-corrected chi connectivity index (χ2v) is 5.05. The Labute approximate surface area is 126 Å². The molecular weight excluding hydrogens is 295 g/mol.